The first-order valence-electron chi connectivity index (χ1n) is 6.56. The first kappa shape index (κ1) is 17.1. The Labute approximate surface area is 115 Å². The fourth-order valence-corrected chi connectivity index (χ4v) is 2.14. The van der Waals surface area contributed by atoms with E-state index in [9.17, 15) is 4.79 Å². The predicted octanol–water partition coefficient (Wildman–Crippen LogP) is 4.86. The van der Waals surface area contributed by atoms with Crippen molar-refractivity contribution in [1.82, 2.24) is 0 Å². The molecule has 0 saturated carbocycles. The van der Waals surface area contributed by atoms with Crippen molar-refractivity contribution in [2.75, 3.05) is 6.07 Å². The fraction of sp³-hybridized carbons (Fsp3) is 0.923. The summed E-state index contributed by atoms with van der Waals surface area (Å²) in [6, 6.07) is -0.0550. The quantitative estimate of drug-likeness (QED) is 0.307. The van der Waals surface area contributed by atoms with Crippen molar-refractivity contribution in [3.8, 4) is 0 Å². The molecule has 0 bridgehead atoms. The zero-order chi connectivity index (χ0) is 12.9. The molecule has 0 rings (SSSR count). The maximum absolute atomic E-state index is 11.0. The molecule has 0 fully saturated rings. The molecule has 0 aliphatic heterocycles. The van der Waals surface area contributed by atoms with E-state index in [1.807, 2.05) is 0 Å². The van der Waals surface area contributed by atoms with Crippen LogP contribution in [0.4, 0.5) is 0 Å². The normalized spacial score (nSPS) is 12.4. The highest BCUT2D eigenvalue weighted by Crippen LogP contribution is 2.16. The Hall–Kier alpha value is 0.0500. The lowest BCUT2D eigenvalue weighted by molar-refractivity contribution is -0.141. The van der Waals surface area contributed by atoms with E-state index in [0.717, 1.165) is 19.3 Å². The van der Waals surface area contributed by atoms with Crippen molar-refractivity contribution in [3.63, 3.8) is 0 Å². The third-order valence-electron chi connectivity index (χ3n) is 2.73. The molecule has 0 N–H and O–H groups in total. The summed E-state index contributed by atoms with van der Waals surface area (Å²) in [7, 11) is 0. The lowest BCUT2D eigenvalue weighted by Gasteiger charge is -2.08. The van der Waals surface area contributed by atoms with Crippen molar-refractivity contribution < 1.29 is 9.53 Å². The number of rotatable bonds is 11. The molecule has 0 aromatic rings. The Balaban J connectivity index is 3.28. The van der Waals surface area contributed by atoms with Crippen molar-refractivity contribution in [2.24, 2.45) is 0 Å². The predicted molar refractivity (Wildman–Crippen MR) is 73.7 cm³/mol. The molecule has 0 aromatic heterocycles. The van der Waals surface area contributed by atoms with Crippen LogP contribution in [0.1, 0.15) is 64.7 Å². The van der Waals surface area contributed by atoms with Gasteiger partial charge in [0.15, 0.2) is 6.07 Å². The molecule has 1 atom stereocenters. The number of hydrogen-bond donors (Lipinski definition) is 0. The summed E-state index contributed by atoms with van der Waals surface area (Å²) in [5, 5.41) is 0.195. The second kappa shape index (κ2) is 12.5. The highest BCUT2D eigenvalue weighted by molar-refractivity contribution is 6.20. The topological polar surface area (TPSA) is 26.3 Å². The molecular formula is C13H24Cl2O2. The number of carbonyl (C=O) groups excluding carboxylic acids is 1. The van der Waals surface area contributed by atoms with Gasteiger partial charge >= 0.3 is 5.97 Å². The van der Waals surface area contributed by atoms with Crippen molar-refractivity contribution in [1.29, 1.82) is 0 Å². The maximum Gasteiger partial charge on any atom is 0.306 e. The van der Waals surface area contributed by atoms with Crippen LogP contribution in [0.15, 0.2) is 0 Å². The van der Waals surface area contributed by atoms with Gasteiger partial charge in [-0.05, 0) is 19.3 Å². The van der Waals surface area contributed by atoms with Gasteiger partial charge in [0.05, 0.1) is 0 Å². The Morgan fingerprint density at radius 2 is 1.76 bits per heavy atom. The highest BCUT2D eigenvalue weighted by Gasteiger charge is 2.07. The van der Waals surface area contributed by atoms with Crippen LogP contribution in [0.3, 0.4) is 0 Å². The summed E-state index contributed by atoms with van der Waals surface area (Å²) in [5.74, 6) is -0.230. The lowest BCUT2D eigenvalue weighted by atomic mass is 10.1. The van der Waals surface area contributed by atoms with Crippen LogP contribution in [-0.4, -0.2) is 17.4 Å². The zero-order valence-corrected chi connectivity index (χ0v) is 12.2. The molecular weight excluding hydrogens is 259 g/mol. The second-order valence-electron chi connectivity index (χ2n) is 4.32. The lowest BCUT2D eigenvalue weighted by Crippen LogP contribution is -2.05. The smallest absolute Gasteiger partial charge is 0.306 e. The second-order valence-corrected chi connectivity index (χ2v) is 5.15. The Bertz CT molecular complexity index is 186. The Morgan fingerprint density at radius 3 is 2.41 bits per heavy atom. The van der Waals surface area contributed by atoms with Crippen molar-refractivity contribution >= 4 is 29.2 Å². The zero-order valence-electron chi connectivity index (χ0n) is 10.7. The van der Waals surface area contributed by atoms with Crippen molar-refractivity contribution in [2.45, 2.75) is 70.1 Å². The van der Waals surface area contributed by atoms with Crippen LogP contribution >= 0.6 is 23.2 Å². The van der Waals surface area contributed by atoms with E-state index < -0.39 is 0 Å². The van der Waals surface area contributed by atoms with Crippen LogP contribution in [-0.2, 0) is 9.53 Å². The summed E-state index contributed by atoms with van der Waals surface area (Å²) in [4.78, 5) is 11.0. The number of ether oxygens (including phenoxy) is 1. The summed E-state index contributed by atoms with van der Waals surface area (Å²) < 4.78 is 4.63. The van der Waals surface area contributed by atoms with Gasteiger partial charge in [0.2, 0.25) is 0 Å². The number of alkyl halides is 2. The van der Waals surface area contributed by atoms with Crippen LogP contribution < -0.4 is 0 Å². The molecule has 2 nitrogen and oxygen atoms in total. The largest absolute Gasteiger partial charge is 0.449 e. The molecule has 0 saturated heterocycles. The molecule has 0 spiro atoms. The van der Waals surface area contributed by atoms with Gasteiger partial charge in [0.1, 0.15) is 0 Å². The molecule has 0 aliphatic carbocycles. The minimum Gasteiger partial charge on any atom is -0.449 e. The third-order valence-corrected chi connectivity index (χ3v) is 3.28. The van der Waals surface area contributed by atoms with Crippen LogP contribution in [0.5, 0.6) is 0 Å². The molecule has 4 heteroatoms. The summed E-state index contributed by atoms with van der Waals surface area (Å²) in [6.07, 6.45) is 9.51. The Morgan fingerprint density at radius 1 is 1.12 bits per heavy atom. The summed E-state index contributed by atoms with van der Waals surface area (Å²) >= 11 is 11.5. The molecule has 17 heavy (non-hydrogen) atoms. The first-order chi connectivity index (χ1) is 8.20. The first-order valence-corrected chi connectivity index (χ1v) is 7.53. The molecule has 0 aliphatic rings. The number of halogens is 2. The van der Waals surface area contributed by atoms with E-state index in [0.29, 0.717) is 6.42 Å². The number of hydrogen-bond acceptors (Lipinski definition) is 2. The molecule has 0 radical (unpaired) electrons. The molecule has 102 valence electrons. The van der Waals surface area contributed by atoms with Crippen LogP contribution in [0, 0.1) is 0 Å². The van der Waals surface area contributed by atoms with Gasteiger partial charge in [-0.25, -0.2) is 0 Å². The summed E-state index contributed by atoms with van der Waals surface area (Å²) in [5.41, 5.74) is 0. The van der Waals surface area contributed by atoms with Gasteiger partial charge in [-0.1, -0.05) is 50.6 Å². The van der Waals surface area contributed by atoms with Gasteiger partial charge in [0, 0.05) is 11.8 Å². The highest BCUT2D eigenvalue weighted by atomic mass is 35.5. The van der Waals surface area contributed by atoms with Crippen molar-refractivity contribution in [3.05, 3.63) is 0 Å². The van der Waals surface area contributed by atoms with Gasteiger partial charge < -0.3 is 4.74 Å². The van der Waals surface area contributed by atoms with E-state index in [-0.39, 0.29) is 17.4 Å². The fourth-order valence-electron chi connectivity index (χ4n) is 1.71. The van der Waals surface area contributed by atoms with E-state index in [2.05, 4.69) is 11.7 Å². The average molecular weight is 283 g/mol. The van der Waals surface area contributed by atoms with Gasteiger partial charge in [-0.2, -0.15) is 0 Å². The van der Waals surface area contributed by atoms with E-state index in [4.69, 9.17) is 23.2 Å². The van der Waals surface area contributed by atoms with Gasteiger partial charge in [-0.15, -0.1) is 11.6 Å². The van der Waals surface area contributed by atoms with E-state index in [1.165, 1.54) is 32.1 Å². The monoisotopic (exact) mass is 282 g/mol. The molecule has 0 amide bonds. The molecule has 0 aromatic carbocycles. The summed E-state index contributed by atoms with van der Waals surface area (Å²) in [6.45, 7) is 2.21. The van der Waals surface area contributed by atoms with E-state index in [1.54, 1.807) is 0 Å². The van der Waals surface area contributed by atoms with Crippen LogP contribution in [0.2, 0.25) is 0 Å². The Kier molecular flexibility index (Phi) is 12.5. The number of unbranched alkanes of at least 4 members (excludes halogenated alkanes) is 4. The molecule has 1 unspecified atom stereocenters. The van der Waals surface area contributed by atoms with Gasteiger partial charge in [0.25, 0.3) is 0 Å². The molecule has 0 heterocycles. The number of carbonyl (C=O) groups is 1. The number of esters is 1. The minimum atomic E-state index is -0.230. The SMILES string of the molecule is CCCCCCCC(Cl)CCCC(=O)OCCl. The standard InChI is InChI=1S/C13H24Cl2O2/c1-2-3-4-5-6-8-12(15)9-7-10-13(16)17-11-14/h12H,2-11H2,1H3. The van der Waals surface area contributed by atoms with E-state index >= 15 is 0 Å². The van der Waals surface area contributed by atoms with Gasteiger partial charge in [-0.3, -0.25) is 4.79 Å². The maximum atomic E-state index is 11.0. The average Bonchev–Trinajstić information content (AvgIpc) is 2.29. The van der Waals surface area contributed by atoms with Crippen LogP contribution in [0.25, 0.3) is 0 Å². The minimum absolute atomic E-state index is 0.0550. The third kappa shape index (κ3) is 12.3.